The number of hydrogen-bond donors (Lipinski definition) is 4. The van der Waals surface area contributed by atoms with Crippen LogP contribution >= 0.6 is 0 Å². The fourth-order valence-electron chi connectivity index (χ4n) is 2.48. The van der Waals surface area contributed by atoms with Crippen LogP contribution in [0, 0.1) is 0 Å². The summed E-state index contributed by atoms with van der Waals surface area (Å²) in [5.74, 6) is -1.25. The number of aromatic hydroxyl groups is 3. The van der Waals surface area contributed by atoms with Gasteiger partial charge < -0.3 is 25.2 Å². The van der Waals surface area contributed by atoms with Crippen LogP contribution in [0.25, 0.3) is 5.57 Å². The summed E-state index contributed by atoms with van der Waals surface area (Å²) in [7, 11) is 0. The zero-order valence-electron chi connectivity index (χ0n) is 11.9. The molecule has 1 heterocycles. The van der Waals surface area contributed by atoms with E-state index in [9.17, 15) is 25.2 Å². The molecule has 6 heteroatoms. The van der Waals surface area contributed by atoms with Crippen molar-refractivity contribution in [3.63, 3.8) is 0 Å². The van der Waals surface area contributed by atoms with Crippen LogP contribution in [0.1, 0.15) is 11.1 Å². The van der Waals surface area contributed by atoms with Gasteiger partial charge in [-0.2, -0.15) is 0 Å². The molecule has 0 aliphatic carbocycles. The molecule has 1 aliphatic rings. The Morgan fingerprint density at radius 1 is 0.957 bits per heavy atom. The molecular weight excluding hydrogens is 300 g/mol. The van der Waals surface area contributed by atoms with Gasteiger partial charge in [0.25, 0.3) is 0 Å². The molecule has 6 nitrogen and oxygen atoms in total. The second kappa shape index (κ2) is 5.66. The van der Waals surface area contributed by atoms with Crippen LogP contribution < -0.4 is 0 Å². The molecule has 0 bridgehead atoms. The predicted molar refractivity (Wildman–Crippen MR) is 80.6 cm³/mol. The number of rotatable bonds is 3. The molecule has 0 saturated heterocycles. The minimum absolute atomic E-state index is 0.116. The summed E-state index contributed by atoms with van der Waals surface area (Å²) in [5, 5.41) is 38.3. The summed E-state index contributed by atoms with van der Waals surface area (Å²) in [6, 6.07) is 10.3. The highest BCUT2D eigenvalue weighted by Gasteiger charge is 2.33. The summed E-state index contributed by atoms with van der Waals surface area (Å²) in [6.07, 6.45) is -1.13. The first-order valence-corrected chi connectivity index (χ1v) is 6.88. The highest BCUT2D eigenvalue weighted by atomic mass is 16.6. The molecular formula is C17H14O6. The quantitative estimate of drug-likeness (QED) is 0.507. The van der Waals surface area contributed by atoms with Crippen LogP contribution in [0.15, 0.2) is 48.0 Å². The first-order chi connectivity index (χ1) is 11.0. The highest BCUT2D eigenvalue weighted by molar-refractivity contribution is 6.19. The molecule has 4 N–H and O–H groups in total. The van der Waals surface area contributed by atoms with Crippen molar-refractivity contribution in [1.82, 2.24) is 0 Å². The standard InChI is InChI=1S/C17H14O6/c18-11-4-1-9(2-5-11)7-12-15(17(22)23-16(12)21)10-3-6-13(19)14(20)8-10/h1-6,8,16,18-21H,7H2. The van der Waals surface area contributed by atoms with Gasteiger partial charge in [-0.25, -0.2) is 4.79 Å². The van der Waals surface area contributed by atoms with E-state index < -0.39 is 12.3 Å². The summed E-state index contributed by atoms with van der Waals surface area (Å²) >= 11 is 0. The summed E-state index contributed by atoms with van der Waals surface area (Å²) in [4.78, 5) is 12.0. The number of phenolic OH excluding ortho intramolecular Hbond substituents is 3. The van der Waals surface area contributed by atoms with E-state index in [0.29, 0.717) is 11.1 Å². The SMILES string of the molecule is O=C1OC(O)C(Cc2ccc(O)cc2)=C1c1ccc(O)c(O)c1. The minimum Gasteiger partial charge on any atom is -0.508 e. The van der Waals surface area contributed by atoms with Crippen molar-refractivity contribution in [1.29, 1.82) is 0 Å². The summed E-state index contributed by atoms with van der Waals surface area (Å²) in [6.45, 7) is 0. The second-order valence-electron chi connectivity index (χ2n) is 5.20. The zero-order valence-corrected chi connectivity index (χ0v) is 11.9. The topological polar surface area (TPSA) is 107 Å². The number of esters is 1. The highest BCUT2D eigenvalue weighted by Crippen LogP contribution is 2.35. The largest absolute Gasteiger partial charge is 0.508 e. The Morgan fingerprint density at radius 3 is 2.30 bits per heavy atom. The average molecular weight is 314 g/mol. The first kappa shape index (κ1) is 14.9. The van der Waals surface area contributed by atoms with E-state index in [1.54, 1.807) is 12.1 Å². The van der Waals surface area contributed by atoms with Crippen molar-refractivity contribution in [2.24, 2.45) is 0 Å². The summed E-state index contributed by atoms with van der Waals surface area (Å²) < 4.78 is 4.86. The van der Waals surface area contributed by atoms with E-state index in [4.69, 9.17) is 4.74 Å². The minimum atomic E-state index is -1.37. The zero-order chi connectivity index (χ0) is 16.6. The Balaban J connectivity index is 2.04. The molecule has 0 spiro atoms. The molecule has 0 fully saturated rings. The van der Waals surface area contributed by atoms with Crippen molar-refractivity contribution >= 4 is 11.5 Å². The van der Waals surface area contributed by atoms with Crippen LogP contribution in [-0.2, 0) is 16.0 Å². The number of aliphatic hydroxyl groups excluding tert-OH is 1. The van der Waals surface area contributed by atoms with Crippen LogP contribution in [0.3, 0.4) is 0 Å². The van der Waals surface area contributed by atoms with E-state index in [2.05, 4.69) is 0 Å². The number of ether oxygens (including phenoxy) is 1. The Kier molecular flexibility index (Phi) is 3.67. The van der Waals surface area contributed by atoms with Crippen molar-refractivity contribution < 1.29 is 30.0 Å². The lowest BCUT2D eigenvalue weighted by Gasteiger charge is -2.09. The van der Waals surface area contributed by atoms with E-state index >= 15 is 0 Å². The Morgan fingerprint density at radius 2 is 1.65 bits per heavy atom. The van der Waals surface area contributed by atoms with Crippen LogP contribution in [0.2, 0.25) is 0 Å². The molecule has 0 saturated carbocycles. The maximum absolute atomic E-state index is 12.0. The van der Waals surface area contributed by atoms with Gasteiger partial charge in [-0.15, -0.1) is 0 Å². The Bertz CT molecular complexity index is 791. The number of aliphatic hydroxyl groups is 1. The lowest BCUT2D eigenvalue weighted by Crippen LogP contribution is -2.11. The number of hydrogen-bond acceptors (Lipinski definition) is 6. The van der Waals surface area contributed by atoms with E-state index in [-0.39, 0.29) is 29.2 Å². The lowest BCUT2D eigenvalue weighted by atomic mass is 9.96. The Hall–Kier alpha value is -2.99. The molecule has 2 aromatic carbocycles. The van der Waals surface area contributed by atoms with Gasteiger partial charge in [0.15, 0.2) is 11.5 Å². The third kappa shape index (κ3) is 2.84. The smallest absolute Gasteiger partial charge is 0.341 e. The molecule has 1 unspecified atom stereocenters. The van der Waals surface area contributed by atoms with Gasteiger partial charge in [-0.1, -0.05) is 18.2 Å². The monoisotopic (exact) mass is 314 g/mol. The maximum Gasteiger partial charge on any atom is 0.341 e. The van der Waals surface area contributed by atoms with E-state index in [1.807, 2.05) is 0 Å². The molecule has 118 valence electrons. The van der Waals surface area contributed by atoms with Gasteiger partial charge >= 0.3 is 5.97 Å². The van der Waals surface area contributed by atoms with Crippen molar-refractivity contribution in [3.05, 3.63) is 59.2 Å². The van der Waals surface area contributed by atoms with Crippen LogP contribution in [0.4, 0.5) is 0 Å². The molecule has 1 atom stereocenters. The molecule has 0 aromatic heterocycles. The maximum atomic E-state index is 12.0. The third-order valence-electron chi connectivity index (χ3n) is 3.64. The second-order valence-corrected chi connectivity index (χ2v) is 5.20. The van der Waals surface area contributed by atoms with Crippen LogP contribution in [-0.4, -0.2) is 32.7 Å². The fourth-order valence-corrected chi connectivity index (χ4v) is 2.48. The van der Waals surface area contributed by atoms with Gasteiger partial charge in [0.05, 0.1) is 5.57 Å². The number of benzene rings is 2. The Labute approximate surface area is 131 Å². The van der Waals surface area contributed by atoms with Gasteiger partial charge in [0.1, 0.15) is 5.75 Å². The molecule has 0 amide bonds. The van der Waals surface area contributed by atoms with Crippen molar-refractivity contribution in [2.45, 2.75) is 12.7 Å². The number of carbonyl (C=O) groups excluding carboxylic acids is 1. The van der Waals surface area contributed by atoms with E-state index in [1.165, 1.54) is 30.3 Å². The average Bonchev–Trinajstić information content (AvgIpc) is 2.79. The van der Waals surface area contributed by atoms with Crippen molar-refractivity contribution in [3.8, 4) is 17.2 Å². The van der Waals surface area contributed by atoms with Crippen LogP contribution in [0.5, 0.6) is 17.2 Å². The normalized spacial score (nSPS) is 17.4. The number of phenols is 3. The predicted octanol–water partition coefficient (Wildman–Crippen LogP) is 1.67. The molecule has 23 heavy (non-hydrogen) atoms. The fraction of sp³-hybridized carbons (Fsp3) is 0.118. The van der Waals surface area contributed by atoms with Gasteiger partial charge in [0.2, 0.25) is 6.29 Å². The molecule has 2 aromatic rings. The molecule has 0 radical (unpaired) electrons. The lowest BCUT2D eigenvalue weighted by molar-refractivity contribution is -0.150. The van der Waals surface area contributed by atoms with E-state index in [0.717, 1.165) is 5.56 Å². The summed E-state index contributed by atoms with van der Waals surface area (Å²) in [5.41, 5.74) is 1.62. The molecule has 1 aliphatic heterocycles. The third-order valence-corrected chi connectivity index (χ3v) is 3.64. The van der Waals surface area contributed by atoms with Gasteiger partial charge in [-0.05, 0) is 35.4 Å². The number of cyclic esters (lactones) is 1. The first-order valence-electron chi connectivity index (χ1n) is 6.88. The van der Waals surface area contributed by atoms with Gasteiger partial charge in [-0.3, -0.25) is 0 Å². The van der Waals surface area contributed by atoms with Gasteiger partial charge in [0, 0.05) is 12.0 Å². The number of carbonyl (C=O) groups is 1. The van der Waals surface area contributed by atoms with Crippen molar-refractivity contribution in [2.75, 3.05) is 0 Å². The molecule has 3 rings (SSSR count).